The molecule has 1 aromatic rings. The van der Waals surface area contributed by atoms with Gasteiger partial charge in [0.15, 0.2) is 0 Å². The number of carbonyl (C=O) groups is 1. The molecule has 1 heterocycles. The fourth-order valence-corrected chi connectivity index (χ4v) is 1.75. The molecule has 1 aromatic carbocycles. The van der Waals surface area contributed by atoms with Crippen LogP contribution in [0.25, 0.3) is 0 Å². The van der Waals surface area contributed by atoms with E-state index in [1.54, 1.807) is 19.2 Å². The lowest BCUT2D eigenvalue weighted by Crippen LogP contribution is -2.20. The fraction of sp³-hybridized carbons (Fsp3) is 0.417. The van der Waals surface area contributed by atoms with E-state index in [2.05, 4.69) is 10.6 Å². The summed E-state index contributed by atoms with van der Waals surface area (Å²) in [6.07, 6.45) is 1.29. The molecule has 1 atom stereocenters. The Hall–Kier alpha value is -1.55. The summed E-state index contributed by atoms with van der Waals surface area (Å²) in [5.41, 5.74) is 0.652. The Bertz CT molecular complexity index is 356. The minimum absolute atomic E-state index is 0.0749. The molecule has 0 unspecified atom stereocenters. The minimum Gasteiger partial charge on any atom is -0.489 e. The van der Waals surface area contributed by atoms with Gasteiger partial charge in [0.05, 0.1) is 0 Å². The first-order valence-electron chi connectivity index (χ1n) is 5.49. The van der Waals surface area contributed by atoms with Crippen molar-refractivity contribution in [2.24, 2.45) is 0 Å². The predicted octanol–water partition coefficient (Wildman–Crippen LogP) is 0.787. The van der Waals surface area contributed by atoms with Crippen molar-refractivity contribution in [3.05, 3.63) is 29.8 Å². The summed E-state index contributed by atoms with van der Waals surface area (Å²) >= 11 is 0. The Morgan fingerprint density at radius 1 is 1.44 bits per heavy atom. The topological polar surface area (TPSA) is 50.4 Å². The molecule has 0 radical (unpaired) electrons. The number of carbonyl (C=O) groups excluding carboxylic acids is 1. The van der Waals surface area contributed by atoms with E-state index in [0.717, 1.165) is 25.3 Å². The molecule has 1 fully saturated rings. The summed E-state index contributed by atoms with van der Waals surface area (Å²) in [4.78, 5) is 11.3. The molecule has 4 nitrogen and oxygen atoms in total. The average Bonchev–Trinajstić information content (AvgIpc) is 2.82. The third-order valence-electron chi connectivity index (χ3n) is 2.66. The highest BCUT2D eigenvalue weighted by atomic mass is 16.5. The summed E-state index contributed by atoms with van der Waals surface area (Å²) < 4.78 is 5.75. The van der Waals surface area contributed by atoms with Crippen LogP contribution in [0.2, 0.25) is 0 Å². The predicted molar refractivity (Wildman–Crippen MR) is 61.7 cm³/mol. The zero-order valence-corrected chi connectivity index (χ0v) is 9.32. The van der Waals surface area contributed by atoms with E-state index < -0.39 is 0 Å². The maximum Gasteiger partial charge on any atom is 0.251 e. The highest BCUT2D eigenvalue weighted by molar-refractivity contribution is 5.94. The molecule has 4 heteroatoms. The van der Waals surface area contributed by atoms with Gasteiger partial charge in [-0.1, -0.05) is 0 Å². The van der Waals surface area contributed by atoms with Gasteiger partial charge in [-0.3, -0.25) is 4.79 Å². The van der Waals surface area contributed by atoms with Crippen molar-refractivity contribution in [1.82, 2.24) is 10.6 Å². The summed E-state index contributed by atoms with van der Waals surface area (Å²) in [7, 11) is 1.62. The molecule has 1 aliphatic heterocycles. The molecule has 16 heavy (non-hydrogen) atoms. The molecule has 2 N–H and O–H groups in total. The van der Waals surface area contributed by atoms with E-state index in [4.69, 9.17) is 4.74 Å². The monoisotopic (exact) mass is 220 g/mol. The largest absolute Gasteiger partial charge is 0.489 e. The number of benzene rings is 1. The molecular weight excluding hydrogens is 204 g/mol. The third-order valence-corrected chi connectivity index (χ3v) is 2.66. The van der Waals surface area contributed by atoms with Gasteiger partial charge in [-0.05, 0) is 37.2 Å². The van der Waals surface area contributed by atoms with E-state index in [-0.39, 0.29) is 12.0 Å². The molecule has 0 aliphatic carbocycles. The van der Waals surface area contributed by atoms with Gasteiger partial charge in [-0.25, -0.2) is 0 Å². The Morgan fingerprint density at radius 3 is 2.75 bits per heavy atom. The zero-order chi connectivity index (χ0) is 11.4. The van der Waals surface area contributed by atoms with Crippen molar-refractivity contribution in [1.29, 1.82) is 0 Å². The summed E-state index contributed by atoms with van der Waals surface area (Å²) in [6.45, 7) is 1.91. The van der Waals surface area contributed by atoms with Crippen LogP contribution in [-0.2, 0) is 0 Å². The van der Waals surface area contributed by atoms with Gasteiger partial charge in [0, 0.05) is 19.2 Å². The van der Waals surface area contributed by atoms with Gasteiger partial charge in [0.1, 0.15) is 11.9 Å². The lowest BCUT2D eigenvalue weighted by Gasteiger charge is -2.12. The first-order valence-corrected chi connectivity index (χ1v) is 5.49. The van der Waals surface area contributed by atoms with Gasteiger partial charge >= 0.3 is 0 Å². The smallest absolute Gasteiger partial charge is 0.251 e. The molecule has 0 spiro atoms. The Morgan fingerprint density at radius 2 is 2.19 bits per heavy atom. The van der Waals surface area contributed by atoms with Crippen molar-refractivity contribution in [3.8, 4) is 5.75 Å². The SMILES string of the molecule is CNC(=O)c1ccc(O[C@H]2CCNC2)cc1. The van der Waals surface area contributed by atoms with Gasteiger partial charge in [-0.2, -0.15) is 0 Å². The Balaban J connectivity index is 1.98. The standard InChI is InChI=1S/C12H16N2O2/c1-13-12(15)9-2-4-10(5-3-9)16-11-6-7-14-8-11/h2-5,11,14H,6-8H2,1H3,(H,13,15)/t11-/m0/s1. The summed E-state index contributed by atoms with van der Waals surface area (Å²) in [5.74, 6) is 0.746. The quantitative estimate of drug-likeness (QED) is 0.791. The Kier molecular flexibility index (Phi) is 3.41. The van der Waals surface area contributed by atoms with Crippen LogP contribution < -0.4 is 15.4 Å². The molecule has 0 saturated carbocycles. The van der Waals surface area contributed by atoms with Gasteiger partial charge < -0.3 is 15.4 Å². The highest BCUT2D eigenvalue weighted by Gasteiger charge is 2.15. The maximum absolute atomic E-state index is 11.3. The molecule has 1 amide bonds. The highest BCUT2D eigenvalue weighted by Crippen LogP contribution is 2.16. The molecular formula is C12H16N2O2. The van der Waals surface area contributed by atoms with Crippen LogP contribution in [0.5, 0.6) is 5.75 Å². The Labute approximate surface area is 95.0 Å². The molecule has 2 rings (SSSR count). The van der Waals surface area contributed by atoms with Crippen LogP contribution in [0.4, 0.5) is 0 Å². The first kappa shape index (κ1) is 11.0. The second-order valence-corrected chi connectivity index (χ2v) is 3.84. The lowest BCUT2D eigenvalue weighted by atomic mass is 10.2. The number of amides is 1. The van der Waals surface area contributed by atoms with Crippen LogP contribution in [0, 0.1) is 0 Å². The molecule has 86 valence electrons. The van der Waals surface area contributed by atoms with Crippen molar-refractivity contribution in [2.75, 3.05) is 20.1 Å². The maximum atomic E-state index is 11.3. The number of hydrogen-bond donors (Lipinski definition) is 2. The number of rotatable bonds is 3. The van der Waals surface area contributed by atoms with Crippen LogP contribution in [-0.4, -0.2) is 32.1 Å². The molecule has 1 aliphatic rings. The van der Waals surface area contributed by atoms with Crippen molar-refractivity contribution in [2.45, 2.75) is 12.5 Å². The van der Waals surface area contributed by atoms with Crippen molar-refractivity contribution >= 4 is 5.91 Å². The second kappa shape index (κ2) is 4.99. The van der Waals surface area contributed by atoms with Crippen LogP contribution in [0.1, 0.15) is 16.8 Å². The average molecular weight is 220 g/mol. The van der Waals surface area contributed by atoms with Crippen LogP contribution in [0.3, 0.4) is 0 Å². The lowest BCUT2D eigenvalue weighted by molar-refractivity contribution is 0.0963. The second-order valence-electron chi connectivity index (χ2n) is 3.84. The summed E-state index contributed by atoms with van der Waals surface area (Å²) in [5, 5.41) is 5.83. The number of hydrogen-bond acceptors (Lipinski definition) is 3. The van der Waals surface area contributed by atoms with E-state index in [1.165, 1.54) is 0 Å². The molecule has 0 aromatic heterocycles. The van der Waals surface area contributed by atoms with Gasteiger partial charge in [-0.15, -0.1) is 0 Å². The fourth-order valence-electron chi connectivity index (χ4n) is 1.75. The van der Waals surface area contributed by atoms with Crippen LogP contribution in [0.15, 0.2) is 24.3 Å². The van der Waals surface area contributed by atoms with Crippen molar-refractivity contribution < 1.29 is 9.53 Å². The van der Waals surface area contributed by atoms with Gasteiger partial charge in [0.2, 0.25) is 0 Å². The number of nitrogens with one attached hydrogen (secondary N) is 2. The molecule has 1 saturated heterocycles. The van der Waals surface area contributed by atoms with Crippen LogP contribution >= 0.6 is 0 Å². The van der Waals surface area contributed by atoms with Crippen molar-refractivity contribution in [3.63, 3.8) is 0 Å². The number of ether oxygens (including phenoxy) is 1. The zero-order valence-electron chi connectivity index (χ0n) is 9.32. The van der Waals surface area contributed by atoms with E-state index >= 15 is 0 Å². The third kappa shape index (κ3) is 2.52. The van der Waals surface area contributed by atoms with Gasteiger partial charge in [0.25, 0.3) is 5.91 Å². The molecule has 0 bridgehead atoms. The van der Waals surface area contributed by atoms with E-state index in [0.29, 0.717) is 5.56 Å². The summed E-state index contributed by atoms with van der Waals surface area (Å²) in [6, 6.07) is 7.22. The van der Waals surface area contributed by atoms with E-state index in [1.807, 2.05) is 12.1 Å². The minimum atomic E-state index is -0.0749. The normalized spacial score (nSPS) is 19.4. The van der Waals surface area contributed by atoms with E-state index in [9.17, 15) is 4.79 Å². The first-order chi connectivity index (χ1) is 7.79.